The van der Waals surface area contributed by atoms with Crippen molar-refractivity contribution in [2.45, 2.75) is 55.4 Å². The molecule has 0 aromatic carbocycles. The van der Waals surface area contributed by atoms with E-state index in [1.54, 1.807) is 42.5 Å². The van der Waals surface area contributed by atoms with Gasteiger partial charge in [0.2, 0.25) is 0 Å². The van der Waals surface area contributed by atoms with E-state index >= 15 is 0 Å². The van der Waals surface area contributed by atoms with Gasteiger partial charge in [-0.2, -0.15) is 0 Å². The van der Waals surface area contributed by atoms with Crippen LogP contribution in [0, 0.1) is 0 Å². The molecule has 1 heteroatoms. The molecule has 24 heavy (non-hydrogen) atoms. The second-order valence-electron chi connectivity index (χ2n) is 3.41. The summed E-state index contributed by atoms with van der Waals surface area (Å²) in [5, 5.41) is 0. The Hall–Kier alpha value is -2.15. The highest BCUT2D eigenvalue weighted by Crippen LogP contribution is 2.10. The van der Waals surface area contributed by atoms with Crippen LogP contribution in [0.2, 0.25) is 0 Å². The Labute approximate surface area is 151 Å². The van der Waals surface area contributed by atoms with Crippen molar-refractivity contribution < 1.29 is 4.79 Å². The summed E-state index contributed by atoms with van der Waals surface area (Å²) < 4.78 is 0. The van der Waals surface area contributed by atoms with E-state index in [0.29, 0.717) is 11.1 Å². The van der Waals surface area contributed by atoms with Crippen LogP contribution in [0.3, 0.4) is 0 Å². The monoisotopic (exact) mass is 330 g/mol. The van der Waals surface area contributed by atoms with Gasteiger partial charge in [0.15, 0.2) is 5.78 Å². The first-order chi connectivity index (χ1) is 11.7. The lowest BCUT2D eigenvalue weighted by molar-refractivity contribution is -0.111. The molecule has 0 aliphatic carbocycles. The number of hydrogen-bond acceptors (Lipinski definition) is 1. The molecule has 0 saturated heterocycles. The highest BCUT2D eigenvalue weighted by molar-refractivity contribution is 6.12. The van der Waals surface area contributed by atoms with Crippen LogP contribution in [0.1, 0.15) is 55.4 Å². The number of carbonyl (C=O) groups excluding carboxylic acids is 1. The van der Waals surface area contributed by atoms with Gasteiger partial charge >= 0.3 is 0 Å². The van der Waals surface area contributed by atoms with Gasteiger partial charge in [-0.25, -0.2) is 0 Å². The highest BCUT2D eigenvalue weighted by Gasteiger charge is 2.08. The maximum absolute atomic E-state index is 12.2. The van der Waals surface area contributed by atoms with Gasteiger partial charge in [-0.1, -0.05) is 115 Å². The zero-order valence-electron chi connectivity index (χ0n) is 17.1. The van der Waals surface area contributed by atoms with Gasteiger partial charge in [0.25, 0.3) is 0 Å². The zero-order chi connectivity index (χ0) is 19.8. The largest absolute Gasteiger partial charge is 0.289 e. The predicted octanol–water partition coefficient (Wildman–Crippen LogP) is 7.57. The van der Waals surface area contributed by atoms with Gasteiger partial charge in [0, 0.05) is 11.1 Å². The lowest BCUT2D eigenvalue weighted by Crippen LogP contribution is -2.02. The first-order valence-corrected chi connectivity index (χ1v) is 8.83. The van der Waals surface area contributed by atoms with Crippen LogP contribution in [0.4, 0.5) is 0 Å². The Morgan fingerprint density at radius 1 is 0.708 bits per heavy atom. The number of rotatable bonds is 7. The molecule has 0 fully saturated rings. The van der Waals surface area contributed by atoms with Crippen molar-refractivity contribution in [1.82, 2.24) is 0 Å². The Morgan fingerprint density at radius 3 is 1.58 bits per heavy atom. The van der Waals surface area contributed by atoms with E-state index < -0.39 is 0 Å². The van der Waals surface area contributed by atoms with Gasteiger partial charge in [-0.3, -0.25) is 4.79 Å². The van der Waals surface area contributed by atoms with E-state index in [1.807, 2.05) is 73.6 Å². The zero-order valence-corrected chi connectivity index (χ0v) is 17.1. The molecule has 136 valence electrons. The summed E-state index contributed by atoms with van der Waals surface area (Å²) in [7, 11) is 0. The van der Waals surface area contributed by atoms with Crippen LogP contribution < -0.4 is 0 Å². The van der Waals surface area contributed by atoms with Gasteiger partial charge < -0.3 is 0 Å². The van der Waals surface area contributed by atoms with Gasteiger partial charge in [-0.05, 0) is 13.8 Å². The molecule has 0 rings (SSSR count). The molecule has 1 nitrogen and oxygen atoms in total. The molecule has 0 aromatic rings. The van der Waals surface area contributed by atoms with E-state index in [2.05, 4.69) is 13.2 Å². The van der Waals surface area contributed by atoms with Crippen LogP contribution in [0.15, 0.2) is 85.1 Å². The molecule has 0 unspecified atom stereocenters. The third kappa shape index (κ3) is 17.9. The summed E-state index contributed by atoms with van der Waals surface area (Å²) in [6, 6.07) is 0. The van der Waals surface area contributed by atoms with Crippen molar-refractivity contribution in [1.29, 1.82) is 0 Å². The average molecular weight is 331 g/mol. The maximum Gasteiger partial charge on any atom is 0.192 e. The smallest absolute Gasteiger partial charge is 0.192 e. The standard InChI is InChI=1S/C17H20O.3C2H6/c1-5-9-11-14-15(8-4)17(18)16(12-7-3)13-10-6-2;3*1-2/h5-14H,2-3H2,1,4H3;3*1-2H3/b9-5-,13-10-,14-11-,15-8+,16-12+;;;. The second-order valence-corrected chi connectivity index (χ2v) is 3.41. The molecule has 0 atom stereocenters. The van der Waals surface area contributed by atoms with Gasteiger partial charge in [0.05, 0.1) is 0 Å². The molecule has 0 aliphatic rings. The van der Waals surface area contributed by atoms with E-state index in [-0.39, 0.29) is 5.78 Å². The maximum atomic E-state index is 12.2. The lowest BCUT2D eigenvalue weighted by Gasteiger charge is -2.01. The summed E-state index contributed by atoms with van der Waals surface area (Å²) in [5.41, 5.74) is 1.23. The molecular weight excluding hydrogens is 292 g/mol. The summed E-state index contributed by atoms with van der Waals surface area (Å²) >= 11 is 0. The van der Waals surface area contributed by atoms with E-state index in [9.17, 15) is 4.79 Å². The average Bonchev–Trinajstić information content (AvgIpc) is 2.66. The van der Waals surface area contributed by atoms with Crippen LogP contribution in [-0.2, 0) is 4.79 Å². The number of Topliss-reactive ketones (excluding diaryl/α,β-unsaturated/α-hetero) is 1. The predicted molar refractivity (Wildman–Crippen MR) is 114 cm³/mol. The molecule has 0 saturated carbocycles. The molecule has 0 heterocycles. The van der Waals surface area contributed by atoms with Gasteiger partial charge in [-0.15, -0.1) is 0 Å². The molecule has 0 aromatic heterocycles. The molecular formula is C23H38O. The highest BCUT2D eigenvalue weighted by atomic mass is 16.1. The fourth-order valence-electron chi connectivity index (χ4n) is 1.25. The molecule has 0 bridgehead atoms. The second kappa shape index (κ2) is 28.9. The van der Waals surface area contributed by atoms with Crippen molar-refractivity contribution in [3.05, 3.63) is 85.1 Å². The van der Waals surface area contributed by atoms with Crippen molar-refractivity contribution >= 4 is 5.78 Å². The summed E-state index contributed by atoms with van der Waals surface area (Å²) in [6.07, 6.45) is 17.6. The molecule has 0 radical (unpaired) electrons. The molecule has 0 amide bonds. The van der Waals surface area contributed by atoms with Crippen LogP contribution in [0.5, 0.6) is 0 Å². The normalized spacial score (nSPS) is 11.0. The molecule has 0 N–H and O–H groups in total. The Balaban J connectivity index is -0.000000297. The molecule has 0 spiro atoms. The van der Waals surface area contributed by atoms with Crippen molar-refractivity contribution in [2.75, 3.05) is 0 Å². The van der Waals surface area contributed by atoms with Crippen molar-refractivity contribution in [3.63, 3.8) is 0 Å². The molecule has 0 aliphatic heterocycles. The van der Waals surface area contributed by atoms with Gasteiger partial charge in [0.1, 0.15) is 0 Å². The minimum atomic E-state index is -0.0312. The minimum absolute atomic E-state index is 0.0312. The van der Waals surface area contributed by atoms with Crippen molar-refractivity contribution in [3.8, 4) is 0 Å². The Morgan fingerprint density at radius 2 is 1.21 bits per heavy atom. The fourth-order valence-corrected chi connectivity index (χ4v) is 1.25. The van der Waals surface area contributed by atoms with Crippen LogP contribution >= 0.6 is 0 Å². The summed E-state index contributed by atoms with van der Waals surface area (Å²) in [4.78, 5) is 12.2. The third-order valence-corrected chi connectivity index (χ3v) is 2.12. The minimum Gasteiger partial charge on any atom is -0.289 e. The summed E-state index contributed by atoms with van der Waals surface area (Å²) in [6.45, 7) is 23.0. The number of allylic oxidation sites excluding steroid dienone is 12. The first-order valence-electron chi connectivity index (χ1n) is 8.83. The summed E-state index contributed by atoms with van der Waals surface area (Å²) in [5.74, 6) is -0.0312. The quantitative estimate of drug-likeness (QED) is 0.347. The lowest BCUT2D eigenvalue weighted by atomic mass is 10.0. The number of carbonyl (C=O) groups is 1. The third-order valence-electron chi connectivity index (χ3n) is 2.12. The van der Waals surface area contributed by atoms with Crippen molar-refractivity contribution in [2.24, 2.45) is 0 Å². The SMILES string of the molecule is C=C/C=C\C(=C/C=C)C(=O)C(/C=C\C=C/C)=C/C.CC.CC.CC. The Bertz CT molecular complexity index is 441. The number of hydrogen-bond donors (Lipinski definition) is 0. The first kappa shape index (κ1) is 29.8. The number of ketones is 1. The van der Waals surface area contributed by atoms with Crippen LogP contribution in [0.25, 0.3) is 0 Å². The van der Waals surface area contributed by atoms with E-state index in [4.69, 9.17) is 0 Å². The Kier molecular flexibility index (Phi) is 35.9. The van der Waals surface area contributed by atoms with Crippen LogP contribution in [-0.4, -0.2) is 5.78 Å². The topological polar surface area (TPSA) is 17.1 Å². The fraction of sp³-hybridized carbons (Fsp3) is 0.348. The van der Waals surface area contributed by atoms with E-state index in [1.165, 1.54) is 0 Å². The van der Waals surface area contributed by atoms with E-state index in [0.717, 1.165) is 0 Å².